The van der Waals surface area contributed by atoms with E-state index < -0.39 is 6.09 Å². The molecule has 1 aromatic heterocycles. The van der Waals surface area contributed by atoms with Gasteiger partial charge in [0.2, 0.25) is 6.08 Å². The molecule has 2 aromatic rings. The van der Waals surface area contributed by atoms with Gasteiger partial charge in [-0.05, 0) is 37.3 Å². The van der Waals surface area contributed by atoms with Crippen LogP contribution in [0.15, 0.2) is 53.8 Å². The van der Waals surface area contributed by atoms with Crippen LogP contribution in [0, 0.1) is 6.92 Å². The van der Waals surface area contributed by atoms with Crippen molar-refractivity contribution in [1.82, 2.24) is 0 Å². The number of benzene rings is 1. The Bertz CT molecular complexity index is 692. The number of pyridine rings is 1. The number of carbonyl (C=O) groups excluding carboxylic acids is 2. The van der Waals surface area contributed by atoms with Crippen LogP contribution in [-0.2, 0) is 16.1 Å². The van der Waals surface area contributed by atoms with Crippen LogP contribution in [0.1, 0.15) is 5.56 Å². The molecule has 112 valence electrons. The average Bonchev–Trinajstić information content (AvgIpc) is 2.50. The number of amides is 1. The number of isocyanates is 1. The first-order valence-corrected chi connectivity index (χ1v) is 6.75. The highest BCUT2D eigenvalue weighted by molar-refractivity contribution is 5.84. The molecule has 0 aliphatic carbocycles. The van der Waals surface area contributed by atoms with Crippen molar-refractivity contribution in [2.75, 3.05) is 11.9 Å². The fourth-order valence-electron chi connectivity index (χ4n) is 1.86. The summed E-state index contributed by atoms with van der Waals surface area (Å²) in [4.78, 5) is 25.2. The van der Waals surface area contributed by atoms with Gasteiger partial charge in [-0.15, -0.1) is 0 Å². The van der Waals surface area contributed by atoms with Gasteiger partial charge in [0, 0.05) is 17.3 Å². The van der Waals surface area contributed by atoms with Crippen molar-refractivity contribution in [3.8, 4) is 0 Å². The minimum atomic E-state index is -0.528. The van der Waals surface area contributed by atoms with Crippen molar-refractivity contribution in [3.05, 3.63) is 54.4 Å². The number of aliphatic imine (C=N–C) groups is 1. The Morgan fingerprint density at radius 1 is 1.32 bits per heavy atom. The van der Waals surface area contributed by atoms with Crippen molar-refractivity contribution >= 4 is 23.5 Å². The lowest BCUT2D eigenvalue weighted by Crippen LogP contribution is -2.36. The number of rotatable bonds is 5. The molecule has 1 amide bonds. The molecule has 6 nitrogen and oxygen atoms in total. The summed E-state index contributed by atoms with van der Waals surface area (Å²) in [6, 6.07) is 10.4. The molecule has 0 spiro atoms. The Morgan fingerprint density at radius 2 is 2.09 bits per heavy atom. The van der Waals surface area contributed by atoms with Crippen molar-refractivity contribution in [3.63, 3.8) is 0 Å². The van der Waals surface area contributed by atoms with Gasteiger partial charge in [0.25, 0.3) is 0 Å². The number of nitrogens with zero attached hydrogens (tertiary/aromatic N) is 2. The number of hydrogen-bond acceptors (Lipinski definition) is 4. The van der Waals surface area contributed by atoms with E-state index in [2.05, 4.69) is 10.3 Å². The third-order valence-corrected chi connectivity index (χ3v) is 2.88. The summed E-state index contributed by atoms with van der Waals surface area (Å²) in [6.07, 6.45) is 4.82. The molecular formula is C16H16N3O3+. The summed E-state index contributed by atoms with van der Waals surface area (Å²) < 4.78 is 7.06. The van der Waals surface area contributed by atoms with Crippen LogP contribution in [0.25, 0.3) is 0 Å². The highest BCUT2D eigenvalue weighted by Gasteiger charge is 2.06. The van der Waals surface area contributed by atoms with E-state index in [9.17, 15) is 9.59 Å². The van der Waals surface area contributed by atoms with Crippen LogP contribution in [0.2, 0.25) is 0 Å². The molecule has 22 heavy (non-hydrogen) atoms. The Labute approximate surface area is 128 Å². The van der Waals surface area contributed by atoms with E-state index in [0.717, 1.165) is 5.56 Å². The van der Waals surface area contributed by atoms with Crippen LogP contribution in [-0.4, -0.2) is 18.8 Å². The number of aryl methyl sites for hydroxylation is 1. The molecule has 1 heterocycles. The van der Waals surface area contributed by atoms with Crippen molar-refractivity contribution in [2.45, 2.75) is 13.5 Å². The Morgan fingerprint density at radius 3 is 2.77 bits per heavy atom. The van der Waals surface area contributed by atoms with Crippen LogP contribution in [0.5, 0.6) is 0 Å². The van der Waals surface area contributed by atoms with E-state index in [0.29, 0.717) is 17.9 Å². The summed E-state index contributed by atoms with van der Waals surface area (Å²) in [7, 11) is 0. The predicted octanol–water partition coefficient (Wildman–Crippen LogP) is 2.50. The maximum Gasteiger partial charge on any atom is 0.411 e. The zero-order chi connectivity index (χ0) is 15.8. The summed E-state index contributed by atoms with van der Waals surface area (Å²) in [5.74, 6) is 0. The maximum atomic E-state index is 11.7. The largest absolute Gasteiger partial charge is 0.443 e. The third kappa shape index (κ3) is 4.85. The number of aromatic nitrogens is 1. The molecule has 0 fully saturated rings. The number of hydrogen-bond donors (Lipinski definition) is 1. The summed E-state index contributed by atoms with van der Waals surface area (Å²) >= 11 is 0. The SMILES string of the molecule is Cc1ccc[n+](CCOC(=O)Nc2ccc(N=C=O)cc2)c1. The van der Waals surface area contributed by atoms with Crippen LogP contribution in [0.4, 0.5) is 16.2 Å². The summed E-state index contributed by atoms with van der Waals surface area (Å²) in [5, 5.41) is 2.60. The van der Waals surface area contributed by atoms with Crippen molar-refractivity contribution in [2.24, 2.45) is 4.99 Å². The number of nitrogens with one attached hydrogen (secondary N) is 1. The van der Waals surface area contributed by atoms with E-state index in [1.807, 2.05) is 36.0 Å². The van der Waals surface area contributed by atoms with E-state index in [4.69, 9.17) is 4.74 Å². The van der Waals surface area contributed by atoms with E-state index in [1.54, 1.807) is 24.3 Å². The first kappa shape index (κ1) is 15.4. The highest BCUT2D eigenvalue weighted by Crippen LogP contribution is 2.15. The number of ether oxygens (including phenoxy) is 1. The van der Waals surface area contributed by atoms with E-state index >= 15 is 0 Å². The quantitative estimate of drug-likeness (QED) is 0.523. The van der Waals surface area contributed by atoms with Gasteiger partial charge >= 0.3 is 6.09 Å². The highest BCUT2D eigenvalue weighted by atomic mass is 16.5. The van der Waals surface area contributed by atoms with Crippen molar-refractivity contribution < 1.29 is 18.9 Å². The molecular weight excluding hydrogens is 282 g/mol. The second kappa shape index (κ2) is 7.71. The number of anilines is 1. The minimum Gasteiger partial charge on any atom is -0.443 e. The Hall–Kier alpha value is -2.98. The Kier molecular flexibility index (Phi) is 5.40. The van der Waals surface area contributed by atoms with Gasteiger partial charge in [-0.1, -0.05) is 0 Å². The second-order valence-corrected chi connectivity index (χ2v) is 4.63. The first-order chi connectivity index (χ1) is 10.7. The topological polar surface area (TPSA) is 71.6 Å². The molecule has 0 saturated carbocycles. The lowest BCUT2D eigenvalue weighted by Gasteiger charge is -2.05. The monoisotopic (exact) mass is 298 g/mol. The second-order valence-electron chi connectivity index (χ2n) is 4.63. The van der Waals surface area contributed by atoms with Crippen LogP contribution in [0.3, 0.4) is 0 Å². The fraction of sp³-hybridized carbons (Fsp3) is 0.188. The average molecular weight is 298 g/mol. The summed E-state index contributed by atoms with van der Waals surface area (Å²) in [6.45, 7) is 2.86. The Balaban J connectivity index is 1.79. The first-order valence-electron chi connectivity index (χ1n) is 6.75. The smallest absolute Gasteiger partial charge is 0.411 e. The fourth-order valence-corrected chi connectivity index (χ4v) is 1.86. The molecule has 0 unspecified atom stereocenters. The molecule has 2 rings (SSSR count). The van der Waals surface area contributed by atoms with Crippen LogP contribution >= 0.6 is 0 Å². The lowest BCUT2D eigenvalue weighted by atomic mass is 10.3. The zero-order valence-corrected chi connectivity index (χ0v) is 12.2. The van der Waals surface area contributed by atoms with Gasteiger partial charge in [-0.25, -0.2) is 14.2 Å². The van der Waals surface area contributed by atoms with E-state index in [-0.39, 0.29) is 6.61 Å². The summed E-state index contributed by atoms with van der Waals surface area (Å²) in [5.41, 5.74) is 2.19. The van der Waals surface area contributed by atoms with Crippen molar-refractivity contribution in [1.29, 1.82) is 0 Å². The van der Waals surface area contributed by atoms with Gasteiger partial charge < -0.3 is 4.74 Å². The molecule has 0 aliphatic rings. The van der Waals surface area contributed by atoms with Gasteiger partial charge in [-0.2, -0.15) is 4.99 Å². The molecule has 1 N–H and O–H groups in total. The molecule has 0 aliphatic heterocycles. The minimum absolute atomic E-state index is 0.271. The van der Waals surface area contributed by atoms with Crippen LogP contribution < -0.4 is 9.88 Å². The van der Waals surface area contributed by atoms with Gasteiger partial charge in [0.1, 0.15) is 0 Å². The molecule has 6 heteroatoms. The molecule has 1 aromatic carbocycles. The van der Waals surface area contributed by atoms with Gasteiger partial charge in [-0.3, -0.25) is 5.32 Å². The maximum absolute atomic E-state index is 11.7. The zero-order valence-electron chi connectivity index (χ0n) is 12.2. The third-order valence-electron chi connectivity index (χ3n) is 2.88. The predicted molar refractivity (Wildman–Crippen MR) is 80.6 cm³/mol. The molecule has 0 radical (unpaired) electrons. The number of carbonyl (C=O) groups is 1. The molecule has 0 atom stereocenters. The van der Waals surface area contributed by atoms with Gasteiger partial charge in [0.15, 0.2) is 25.5 Å². The van der Waals surface area contributed by atoms with Gasteiger partial charge in [0.05, 0.1) is 5.69 Å². The lowest BCUT2D eigenvalue weighted by molar-refractivity contribution is -0.698. The molecule has 0 bridgehead atoms. The standard InChI is InChI=1S/C16H15N3O3/c1-13-3-2-8-19(11-13)9-10-22-16(21)18-15-6-4-14(5-7-15)17-12-20/h2-8,11H,9-10H2,1H3/p+1. The molecule has 0 saturated heterocycles. The van der Waals surface area contributed by atoms with E-state index in [1.165, 1.54) is 6.08 Å². The normalized spacial score (nSPS) is 9.68.